The van der Waals surface area contributed by atoms with Gasteiger partial charge in [-0.1, -0.05) is 26.3 Å². The molecule has 2 nitrogen and oxygen atoms in total. The summed E-state index contributed by atoms with van der Waals surface area (Å²) in [6.45, 7) is 4.51. The first kappa shape index (κ1) is 15.3. The van der Waals surface area contributed by atoms with Gasteiger partial charge in [0.2, 0.25) is 0 Å². The van der Waals surface area contributed by atoms with Crippen molar-refractivity contribution < 1.29 is 14.2 Å². The van der Waals surface area contributed by atoms with Crippen LogP contribution in [0.25, 0.3) is 0 Å². The molecule has 1 aromatic rings. The van der Waals surface area contributed by atoms with E-state index in [0.717, 1.165) is 37.7 Å². The molecule has 2 rings (SSSR count). The summed E-state index contributed by atoms with van der Waals surface area (Å²) in [4.78, 5) is 0. The van der Waals surface area contributed by atoms with Crippen LogP contribution in [0.2, 0.25) is 0 Å². The van der Waals surface area contributed by atoms with Crippen molar-refractivity contribution in [3.8, 4) is 5.75 Å². The Morgan fingerprint density at radius 2 is 1.95 bits per heavy atom. The van der Waals surface area contributed by atoms with Gasteiger partial charge in [-0.15, -0.1) is 0 Å². The fourth-order valence-corrected chi connectivity index (χ4v) is 3.09. The Labute approximate surface area is 121 Å². The lowest BCUT2D eigenvalue weighted by Gasteiger charge is -2.28. The minimum absolute atomic E-state index is 0.253. The van der Waals surface area contributed by atoms with E-state index >= 15 is 0 Å². The van der Waals surface area contributed by atoms with Gasteiger partial charge in [-0.3, -0.25) is 0 Å². The molecule has 0 amide bonds. The number of aliphatic hydroxyl groups is 1. The van der Waals surface area contributed by atoms with E-state index in [1.165, 1.54) is 13.2 Å². The molecule has 112 valence electrons. The Bertz CT molecular complexity index is 470. The van der Waals surface area contributed by atoms with E-state index in [-0.39, 0.29) is 11.6 Å². The van der Waals surface area contributed by atoms with E-state index < -0.39 is 5.60 Å². The highest BCUT2D eigenvalue weighted by atomic mass is 19.1. The van der Waals surface area contributed by atoms with Crippen molar-refractivity contribution in [3.63, 3.8) is 0 Å². The fraction of sp³-hybridized carbons (Fsp3) is 0.647. The molecule has 1 unspecified atom stereocenters. The Kier molecular flexibility index (Phi) is 4.38. The summed E-state index contributed by atoms with van der Waals surface area (Å²) in [5, 5.41) is 10.8. The molecule has 1 aliphatic carbocycles. The van der Waals surface area contributed by atoms with Crippen LogP contribution in [0.1, 0.15) is 51.5 Å². The molecule has 20 heavy (non-hydrogen) atoms. The van der Waals surface area contributed by atoms with E-state index in [2.05, 4.69) is 13.8 Å². The van der Waals surface area contributed by atoms with Crippen molar-refractivity contribution in [2.75, 3.05) is 7.11 Å². The van der Waals surface area contributed by atoms with Crippen LogP contribution in [0, 0.1) is 11.2 Å². The largest absolute Gasteiger partial charge is 0.494 e. The van der Waals surface area contributed by atoms with E-state index in [4.69, 9.17) is 4.74 Å². The van der Waals surface area contributed by atoms with Crippen molar-refractivity contribution in [3.05, 3.63) is 29.6 Å². The Hall–Kier alpha value is -1.09. The average molecular weight is 280 g/mol. The number of rotatable bonds is 3. The highest BCUT2D eigenvalue weighted by Gasteiger charge is 2.33. The maximum atomic E-state index is 13.7. The van der Waals surface area contributed by atoms with Crippen LogP contribution in [0.4, 0.5) is 4.39 Å². The quantitative estimate of drug-likeness (QED) is 0.845. The van der Waals surface area contributed by atoms with Gasteiger partial charge in [0.25, 0.3) is 0 Å². The normalized spacial score (nSPS) is 26.1. The molecule has 0 aromatic heterocycles. The first-order valence-corrected chi connectivity index (χ1v) is 7.38. The number of benzene rings is 1. The van der Waals surface area contributed by atoms with Gasteiger partial charge in [0, 0.05) is 6.42 Å². The van der Waals surface area contributed by atoms with Crippen LogP contribution < -0.4 is 4.74 Å². The lowest BCUT2D eigenvalue weighted by molar-refractivity contribution is 0.0225. The summed E-state index contributed by atoms with van der Waals surface area (Å²) in [6, 6.07) is 4.96. The average Bonchev–Trinajstić information content (AvgIpc) is 2.49. The monoisotopic (exact) mass is 280 g/mol. The number of halogens is 1. The minimum Gasteiger partial charge on any atom is -0.494 e. The van der Waals surface area contributed by atoms with Gasteiger partial charge in [0.15, 0.2) is 11.6 Å². The van der Waals surface area contributed by atoms with Crippen molar-refractivity contribution in [2.45, 2.75) is 58.0 Å². The second-order valence-corrected chi connectivity index (χ2v) is 6.89. The molecule has 0 saturated heterocycles. The zero-order chi connectivity index (χ0) is 14.8. The molecule has 1 atom stereocenters. The van der Waals surface area contributed by atoms with E-state index in [1.54, 1.807) is 6.07 Å². The third kappa shape index (κ3) is 3.72. The standard InChI is InChI=1S/C17H25FO2/c1-16(2)7-4-8-17(19,10-9-16)12-13-5-6-15(20-3)14(18)11-13/h5-6,11,19H,4,7-10,12H2,1-3H3. The summed E-state index contributed by atoms with van der Waals surface area (Å²) in [6.07, 6.45) is 5.29. The van der Waals surface area contributed by atoms with Crippen LogP contribution in [0.5, 0.6) is 5.75 Å². The van der Waals surface area contributed by atoms with Crippen molar-refractivity contribution >= 4 is 0 Å². The number of methoxy groups -OCH3 is 1. The van der Waals surface area contributed by atoms with Crippen LogP contribution in [-0.4, -0.2) is 17.8 Å². The molecule has 1 N–H and O–H groups in total. The summed E-state index contributed by atoms with van der Waals surface area (Å²) < 4.78 is 18.7. The molecule has 0 aliphatic heterocycles. The van der Waals surface area contributed by atoms with E-state index in [9.17, 15) is 9.50 Å². The van der Waals surface area contributed by atoms with Crippen LogP contribution >= 0.6 is 0 Å². The topological polar surface area (TPSA) is 29.5 Å². The molecular formula is C17H25FO2. The SMILES string of the molecule is COc1ccc(CC2(O)CCCC(C)(C)CC2)cc1F. The van der Waals surface area contributed by atoms with Gasteiger partial charge in [-0.05, 0) is 48.8 Å². The highest BCUT2D eigenvalue weighted by molar-refractivity contribution is 5.30. The second-order valence-electron chi connectivity index (χ2n) is 6.89. The van der Waals surface area contributed by atoms with Crippen LogP contribution in [0.3, 0.4) is 0 Å². The molecule has 0 spiro atoms. The summed E-state index contributed by atoms with van der Waals surface area (Å²) in [5.41, 5.74) is 0.440. The second kappa shape index (κ2) is 5.72. The summed E-state index contributed by atoms with van der Waals surface area (Å²) in [5.74, 6) is -0.106. The van der Waals surface area contributed by atoms with E-state index in [1.807, 2.05) is 6.07 Å². The Balaban J connectivity index is 2.10. The van der Waals surface area contributed by atoms with Crippen molar-refractivity contribution in [1.82, 2.24) is 0 Å². The summed E-state index contributed by atoms with van der Waals surface area (Å²) in [7, 11) is 1.46. The first-order valence-electron chi connectivity index (χ1n) is 7.38. The van der Waals surface area contributed by atoms with Crippen molar-refractivity contribution in [1.29, 1.82) is 0 Å². The van der Waals surface area contributed by atoms with Gasteiger partial charge in [0.05, 0.1) is 12.7 Å². The van der Waals surface area contributed by atoms with Gasteiger partial charge >= 0.3 is 0 Å². The minimum atomic E-state index is -0.700. The maximum Gasteiger partial charge on any atom is 0.165 e. The van der Waals surface area contributed by atoms with Crippen molar-refractivity contribution in [2.24, 2.45) is 5.41 Å². The smallest absolute Gasteiger partial charge is 0.165 e. The molecule has 1 aliphatic rings. The van der Waals surface area contributed by atoms with Gasteiger partial charge in [0.1, 0.15) is 0 Å². The zero-order valence-corrected chi connectivity index (χ0v) is 12.7. The predicted molar refractivity (Wildman–Crippen MR) is 78.5 cm³/mol. The molecule has 0 heterocycles. The zero-order valence-electron chi connectivity index (χ0n) is 12.7. The third-order valence-electron chi connectivity index (χ3n) is 4.51. The molecule has 1 fully saturated rings. The number of hydrogen-bond acceptors (Lipinski definition) is 2. The summed E-state index contributed by atoms with van der Waals surface area (Å²) >= 11 is 0. The molecule has 0 bridgehead atoms. The first-order chi connectivity index (χ1) is 9.34. The van der Waals surface area contributed by atoms with Gasteiger partial charge < -0.3 is 9.84 Å². The van der Waals surface area contributed by atoms with Gasteiger partial charge in [-0.25, -0.2) is 4.39 Å². The van der Waals surface area contributed by atoms with Crippen LogP contribution in [0.15, 0.2) is 18.2 Å². The van der Waals surface area contributed by atoms with Crippen LogP contribution in [-0.2, 0) is 6.42 Å². The Morgan fingerprint density at radius 3 is 2.60 bits per heavy atom. The molecule has 3 heteroatoms. The predicted octanol–water partition coefficient (Wildman–Crippen LogP) is 4.10. The fourth-order valence-electron chi connectivity index (χ4n) is 3.09. The van der Waals surface area contributed by atoms with E-state index in [0.29, 0.717) is 11.8 Å². The maximum absolute atomic E-state index is 13.7. The lowest BCUT2D eigenvalue weighted by atomic mass is 9.83. The molecule has 1 saturated carbocycles. The Morgan fingerprint density at radius 1 is 1.20 bits per heavy atom. The number of ether oxygens (including phenoxy) is 1. The van der Waals surface area contributed by atoms with Gasteiger partial charge in [-0.2, -0.15) is 0 Å². The molecular weight excluding hydrogens is 255 g/mol. The molecule has 1 aromatic carbocycles. The highest BCUT2D eigenvalue weighted by Crippen LogP contribution is 2.39. The number of hydrogen-bond donors (Lipinski definition) is 1. The third-order valence-corrected chi connectivity index (χ3v) is 4.51. The lowest BCUT2D eigenvalue weighted by Crippen LogP contribution is -2.31. The molecule has 0 radical (unpaired) electrons.